The summed E-state index contributed by atoms with van der Waals surface area (Å²) in [5.74, 6) is -2.45. The third-order valence-electron chi connectivity index (χ3n) is 11.7. The maximum absolute atomic E-state index is 12.8. The van der Waals surface area contributed by atoms with Gasteiger partial charge >= 0.3 is 17.9 Å². The normalized spacial score (nSPS) is 19.7. The summed E-state index contributed by atoms with van der Waals surface area (Å²) in [6.45, 7) is 3.78. The van der Waals surface area contributed by atoms with Gasteiger partial charge in [-0.25, -0.2) is 4.79 Å². The number of carbonyl (C=O) groups excluding carboxylic acids is 2. The van der Waals surface area contributed by atoms with Crippen LogP contribution in [0.3, 0.4) is 0 Å². The number of ether oxygens (including phenoxy) is 4. The van der Waals surface area contributed by atoms with Crippen molar-refractivity contribution in [2.24, 2.45) is 0 Å². The highest BCUT2D eigenvalue weighted by molar-refractivity contribution is 5.73. The lowest BCUT2D eigenvalue weighted by molar-refractivity contribution is -0.298. The fourth-order valence-electron chi connectivity index (χ4n) is 7.59. The number of carboxylic acid groups (broad SMARTS) is 1. The quantitative estimate of drug-likeness (QED) is 0.0261. The van der Waals surface area contributed by atoms with E-state index in [0.29, 0.717) is 12.8 Å². The van der Waals surface area contributed by atoms with Crippen LogP contribution in [0.25, 0.3) is 0 Å². The lowest BCUT2D eigenvalue weighted by Gasteiger charge is -2.38. The van der Waals surface area contributed by atoms with Crippen LogP contribution in [-0.2, 0) is 33.3 Å². The van der Waals surface area contributed by atoms with Crippen molar-refractivity contribution >= 4 is 17.9 Å². The molecule has 0 aromatic rings. The number of unbranched alkanes of at least 4 members (excludes halogenated alkanes) is 24. The Morgan fingerprint density at radius 3 is 1.30 bits per heavy atom. The van der Waals surface area contributed by atoms with Crippen LogP contribution in [-0.4, -0.2) is 88.4 Å². The predicted molar refractivity (Wildman–Crippen MR) is 257 cm³/mol. The number of hydrogen-bond acceptors (Lipinski definition) is 10. The molecule has 0 aromatic carbocycles. The summed E-state index contributed by atoms with van der Waals surface area (Å²) >= 11 is 0. The van der Waals surface area contributed by atoms with Gasteiger partial charge in [0.25, 0.3) is 0 Å². The molecule has 6 unspecified atom stereocenters. The van der Waals surface area contributed by atoms with Crippen molar-refractivity contribution in [1.82, 2.24) is 0 Å². The number of aliphatic hydroxyl groups excluding tert-OH is 3. The van der Waals surface area contributed by atoms with Crippen molar-refractivity contribution in [3.05, 3.63) is 48.6 Å². The second kappa shape index (κ2) is 42.8. The standard InChI is InChI=1S/C53H92O11/c1-3-5-7-9-11-13-15-17-19-21-23-25-27-29-31-33-35-37-39-41-46(54)61-43-45(44-62-53-50(58)48(56)49(57)51(64-53)52(59)60)63-47(55)42-40-38-36-34-32-30-28-26-24-22-20-18-16-14-12-10-8-6-4-2/h11-14,17-20,45,48-51,53,56-58H,3-10,15-16,21-44H2,1-2H3,(H,59,60)/b13-11-,14-12-,19-17-,20-18-. The van der Waals surface area contributed by atoms with Crippen molar-refractivity contribution in [2.75, 3.05) is 13.2 Å². The van der Waals surface area contributed by atoms with Gasteiger partial charge in [-0.15, -0.1) is 0 Å². The Bertz CT molecular complexity index is 1250. The monoisotopic (exact) mass is 905 g/mol. The summed E-state index contributed by atoms with van der Waals surface area (Å²) < 4.78 is 21.8. The van der Waals surface area contributed by atoms with Gasteiger partial charge in [-0.2, -0.15) is 0 Å². The predicted octanol–water partition coefficient (Wildman–Crippen LogP) is 12.1. The van der Waals surface area contributed by atoms with Crippen LogP contribution in [0.1, 0.15) is 219 Å². The van der Waals surface area contributed by atoms with Gasteiger partial charge in [0.1, 0.15) is 24.9 Å². The molecule has 4 N–H and O–H groups in total. The molecule has 1 aliphatic heterocycles. The molecule has 370 valence electrons. The molecule has 1 rings (SSSR count). The Kier molecular flexibility index (Phi) is 39.6. The maximum Gasteiger partial charge on any atom is 0.335 e. The number of aliphatic carboxylic acids is 1. The minimum atomic E-state index is -1.86. The number of rotatable bonds is 43. The Morgan fingerprint density at radius 1 is 0.484 bits per heavy atom. The van der Waals surface area contributed by atoms with E-state index in [2.05, 4.69) is 62.5 Å². The number of carbonyl (C=O) groups is 3. The van der Waals surface area contributed by atoms with E-state index in [9.17, 15) is 34.8 Å². The number of carboxylic acids is 1. The Morgan fingerprint density at radius 2 is 0.875 bits per heavy atom. The molecular weight excluding hydrogens is 813 g/mol. The Labute approximate surface area is 388 Å². The number of allylic oxidation sites excluding steroid dienone is 8. The van der Waals surface area contributed by atoms with Crippen LogP contribution < -0.4 is 0 Å². The molecular formula is C53H92O11. The fraction of sp³-hybridized carbons (Fsp3) is 0.792. The van der Waals surface area contributed by atoms with Crippen LogP contribution in [0.15, 0.2) is 48.6 Å². The molecule has 1 fully saturated rings. The molecule has 64 heavy (non-hydrogen) atoms. The maximum atomic E-state index is 12.8. The van der Waals surface area contributed by atoms with E-state index in [4.69, 9.17) is 18.9 Å². The highest BCUT2D eigenvalue weighted by Gasteiger charge is 2.47. The highest BCUT2D eigenvalue weighted by Crippen LogP contribution is 2.23. The third kappa shape index (κ3) is 33.6. The van der Waals surface area contributed by atoms with Gasteiger partial charge in [0.05, 0.1) is 6.61 Å². The highest BCUT2D eigenvalue weighted by atomic mass is 16.7. The van der Waals surface area contributed by atoms with Crippen molar-refractivity contribution in [3.63, 3.8) is 0 Å². The van der Waals surface area contributed by atoms with Gasteiger partial charge in [-0.3, -0.25) is 9.59 Å². The molecule has 1 aliphatic rings. The Balaban J connectivity index is 2.31. The summed E-state index contributed by atoms with van der Waals surface area (Å²) in [7, 11) is 0. The molecule has 0 aliphatic carbocycles. The minimum absolute atomic E-state index is 0.176. The van der Waals surface area contributed by atoms with Crippen LogP contribution in [0.4, 0.5) is 0 Å². The van der Waals surface area contributed by atoms with Gasteiger partial charge in [0, 0.05) is 12.8 Å². The number of esters is 2. The zero-order chi connectivity index (χ0) is 46.7. The largest absolute Gasteiger partial charge is 0.479 e. The van der Waals surface area contributed by atoms with Crippen LogP contribution in [0.5, 0.6) is 0 Å². The summed E-state index contributed by atoms with van der Waals surface area (Å²) in [6.07, 6.45) is 42.9. The molecule has 11 heteroatoms. The van der Waals surface area contributed by atoms with Gasteiger partial charge in [0.2, 0.25) is 0 Å². The Hall–Kier alpha value is -2.83. The summed E-state index contributed by atoms with van der Waals surface area (Å²) in [5.41, 5.74) is 0. The van der Waals surface area contributed by atoms with Crippen molar-refractivity contribution in [1.29, 1.82) is 0 Å². The number of hydrogen-bond donors (Lipinski definition) is 4. The van der Waals surface area contributed by atoms with E-state index in [-0.39, 0.29) is 19.4 Å². The van der Waals surface area contributed by atoms with E-state index in [1.165, 1.54) is 116 Å². The van der Waals surface area contributed by atoms with Crippen molar-refractivity contribution in [2.45, 2.75) is 256 Å². The van der Waals surface area contributed by atoms with Crippen molar-refractivity contribution < 1.29 is 53.8 Å². The lowest BCUT2D eigenvalue weighted by atomic mass is 9.99. The van der Waals surface area contributed by atoms with E-state index in [1.807, 2.05) is 0 Å². The van der Waals surface area contributed by atoms with Gasteiger partial charge < -0.3 is 39.4 Å². The fourth-order valence-corrected chi connectivity index (χ4v) is 7.59. The van der Waals surface area contributed by atoms with E-state index < -0.39 is 61.3 Å². The lowest BCUT2D eigenvalue weighted by Crippen LogP contribution is -2.60. The van der Waals surface area contributed by atoms with Gasteiger partial charge in [-0.05, 0) is 77.0 Å². The molecule has 0 spiro atoms. The molecule has 0 radical (unpaired) electrons. The zero-order valence-corrected chi connectivity index (χ0v) is 40.3. The van der Waals surface area contributed by atoms with E-state index >= 15 is 0 Å². The second-order valence-electron chi connectivity index (χ2n) is 17.7. The molecule has 0 aromatic heterocycles. The summed E-state index contributed by atoms with van der Waals surface area (Å²) in [4.78, 5) is 37.0. The number of aliphatic hydroxyl groups is 3. The average molecular weight is 905 g/mol. The van der Waals surface area contributed by atoms with Gasteiger partial charge in [0.15, 0.2) is 18.5 Å². The third-order valence-corrected chi connectivity index (χ3v) is 11.7. The second-order valence-corrected chi connectivity index (χ2v) is 17.7. The summed E-state index contributed by atoms with van der Waals surface area (Å²) in [6, 6.07) is 0. The van der Waals surface area contributed by atoms with Crippen LogP contribution in [0, 0.1) is 0 Å². The summed E-state index contributed by atoms with van der Waals surface area (Å²) in [5, 5.41) is 39.9. The van der Waals surface area contributed by atoms with Crippen LogP contribution in [0.2, 0.25) is 0 Å². The first kappa shape index (κ1) is 59.2. The molecule has 6 atom stereocenters. The zero-order valence-electron chi connectivity index (χ0n) is 40.3. The molecule has 1 heterocycles. The SMILES string of the molecule is CCCCC/C=C\C/C=C\CCCCCCCCCCCC(=O)OCC(COC1OC(C(=O)O)C(O)C(O)C1O)OC(=O)CCCCCCCCCCC/C=C\C/C=C\CCCCC. The minimum Gasteiger partial charge on any atom is -0.479 e. The van der Waals surface area contributed by atoms with Gasteiger partial charge in [-0.1, -0.05) is 178 Å². The molecule has 0 saturated carbocycles. The van der Waals surface area contributed by atoms with Crippen molar-refractivity contribution in [3.8, 4) is 0 Å². The average Bonchev–Trinajstić information content (AvgIpc) is 3.28. The van der Waals surface area contributed by atoms with E-state index in [1.54, 1.807) is 0 Å². The van der Waals surface area contributed by atoms with E-state index in [0.717, 1.165) is 64.2 Å². The topological polar surface area (TPSA) is 169 Å². The molecule has 11 nitrogen and oxygen atoms in total. The first-order chi connectivity index (χ1) is 31.2. The molecule has 0 amide bonds. The molecule has 0 bridgehead atoms. The smallest absolute Gasteiger partial charge is 0.335 e. The first-order valence-corrected chi connectivity index (χ1v) is 25.7. The molecule has 1 saturated heterocycles. The first-order valence-electron chi connectivity index (χ1n) is 25.7. The van der Waals surface area contributed by atoms with Crippen LogP contribution >= 0.6 is 0 Å².